The van der Waals surface area contributed by atoms with E-state index in [1.165, 1.54) is 0 Å². The summed E-state index contributed by atoms with van der Waals surface area (Å²) in [6, 6.07) is 0. The highest BCUT2D eigenvalue weighted by molar-refractivity contribution is 6.28. The van der Waals surface area contributed by atoms with Crippen LogP contribution in [0.5, 0.6) is 5.88 Å². The van der Waals surface area contributed by atoms with Crippen LogP contribution in [0, 0.1) is 0 Å². The Labute approximate surface area is 74.3 Å². The van der Waals surface area contributed by atoms with Gasteiger partial charge in [-0.2, -0.15) is 4.98 Å². The fourth-order valence-corrected chi connectivity index (χ4v) is 1.27. The number of ether oxygens (including phenoxy) is 1. The zero-order valence-electron chi connectivity index (χ0n) is 6.41. The minimum absolute atomic E-state index is 0.205. The molecule has 0 spiro atoms. The average Bonchev–Trinajstić information content (AvgIpc) is 2.50. The van der Waals surface area contributed by atoms with E-state index in [-0.39, 0.29) is 5.28 Å². The van der Waals surface area contributed by atoms with E-state index in [1.54, 1.807) is 13.3 Å². The molecule has 12 heavy (non-hydrogen) atoms. The van der Waals surface area contributed by atoms with Crippen LogP contribution in [0.2, 0.25) is 5.28 Å². The molecule has 0 bridgehead atoms. The van der Waals surface area contributed by atoms with Crippen LogP contribution in [0.25, 0.3) is 0 Å². The molecule has 0 radical (unpaired) electrons. The number of hydrogen-bond acceptors (Lipinski definition) is 4. The molecule has 0 unspecified atom stereocenters. The summed E-state index contributed by atoms with van der Waals surface area (Å²) in [6.45, 7) is 0.563. The lowest BCUT2D eigenvalue weighted by atomic mass is 10.3. The molecule has 0 saturated heterocycles. The molecule has 2 heterocycles. The van der Waals surface area contributed by atoms with Gasteiger partial charge in [-0.15, -0.1) is 0 Å². The standard InChI is InChI=1S/C7H6ClN3O/c1-12-6-4-2-9-3-5(4)10-7(8)11-6/h2H,3H2,1H3. The first-order chi connectivity index (χ1) is 5.81. The van der Waals surface area contributed by atoms with Crippen molar-refractivity contribution in [2.24, 2.45) is 4.99 Å². The second-order valence-corrected chi connectivity index (χ2v) is 2.67. The molecule has 0 aromatic carbocycles. The van der Waals surface area contributed by atoms with E-state index >= 15 is 0 Å². The third-order valence-electron chi connectivity index (χ3n) is 1.62. The van der Waals surface area contributed by atoms with Crippen molar-refractivity contribution in [1.82, 2.24) is 9.97 Å². The molecule has 1 aliphatic rings. The summed E-state index contributed by atoms with van der Waals surface area (Å²) in [4.78, 5) is 12.0. The van der Waals surface area contributed by atoms with Crippen molar-refractivity contribution in [3.63, 3.8) is 0 Å². The molecule has 0 atom stereocenters. The van der Waals surface area contributed by atoms with Crippen LogP contribution < -0.4 is 4.74 Å². The lowest BCUT2D eigenvalue weighted by molar-refractivity contribution is 0.396. The molecule has 1 aliphatic heterocycles. The van der Waals surface area contributed by atoms with Gasteiger partial charge < -0.3 is 4.74 Å². The van der Waals surface area contributed by atoms with Gasteiger partial charge >= 0.3 is 0 Å². The number of fused-ring (bicyclic) bond motifs is 1. The Bertz CT molecular complexity index is 351. The summed E-state index contributed by atoms with van der Waals surface area (Å²) in [5, 5.41) is 0.205. The van der Waals surface area contributed by atoms with Crippen molar-refractivity contribution in [2.45, 2.75) is 6.54 Å². The molecule has 0 fully saturated rings. The van der Waals surface area contributed by atoms with Gasteiger partial charge in [-0.25, -0.2) is 4.98 Å². The largest absolute Gasteiger partial charge is 0.480 e. The third kappa shape index (κ3) is 1.04. The van der Waals surface area contributed by atoms with E-state index in [4.69, 9.17) is 16.3 Å². The Morgan fingerprint density at radius 2 is 2.33 bits per heavy atom. The van der Waals surface area contributed by atoms with Crippen molar-refractivity contribution in [1.29, 1.82) is 0 Å². The molecule has 0 amide bonds. The molecule has 62 valence electrons. The van der Waals surface area contributed by atoms with Crippen LogP contribution >= 0.6 is 11.6 Å². The van der Waals surface area contributed by atoms with Gasteiger partial charge in [0.15, 0.2) is 0 Å². The monoisotopic (exact) mass is 183 g/mol. The van der Waals surface area contributed by atoms with Crippen LogP contribution in [0.3, 0.4) is 0 Å². The molecular formula is C7H6ClN3O. The number of halogens is 1. The lowest BCUT2D eigenvalue weighted by Crippen LogP contribution is -1.99. The van der Waals surface area contributed by atoms with Crippen molar-refractivity contribution < 1.29 is 4.74 Å². The Balaban J connectivity index is 2.60. The molecule has 1 aromatic heterocycles. The first-order valence-electron chi connectivity index (χ1n) is 3.41. The van der Waals surface area contributed by atoms with Crippen molar-refractivity contribution in [3.8, 4) is 5.88 Å². The van der Waals surface area contributed by atoms with E-state index < -0.39 is 0 Å². The van der Waals surface area contributed by atoms with E-state index in [2.05, 4.69) is 15.0 Å². The van der Waals surface area contributed by atoms with Gasteiger partial charge in [0.05, 0.1) is 24.9 Å². The van der Waals surface area contributed by atoms with Crippen molar-refractivity contribution >= 4 is 17.8 Å². The smallest absolute Gasteiger partial charge is 0.226 e. The summed E-state index contributed by atoms with van der Waals surface area (Å²) in [6.07, 6.45) is 1.70. The Morgan fingerprint density at radius 1 is 1.50 bits per heavy atom. The first-order valence-corrected chi connectivity index (χ1v) is 3.79. The van der Waals surface area contributed by atoms with Crippen LogP contribution in [-0.4, -0.2) is 23.3 Å². The highest BCUT2D eigenvalue weighted by atomic mass is 35.5. The summed E-state index contributed by atoms with van der Waals surface area (Å²) in [5.74, 6) is 0.492. The third-order valence-corrected chi connectivity index (χ3v) is 1.79. The normalized spacial score (nSPS) is 13.2. The van der Waals surface area contributed by atoms with Gasteiger partial charge in [-0.3, -0.25) is 4.99 Å². The first kappa shape index (κ1) is 7.49. The topological polar surface area (TPSA) is 47.4 Å². The summed E-state index contributed by atoms with van der Waals surface area (Å²) >= 11 is 5.65. The zero-order chi connectivity index (χ0) is 8.55. The van der Waals surface area contributed by atoms with E-state index in [0.29, 0.717) is 12.4 Å². The van der Waals surface area contributed by atoms with Crippen LogP contribution in [0.1, 0.15) is 11.3 Å². The van der Waals surface area contributed by atoms with Gasteiger partial charge in [-0.1, -0.05) is 0 Å². The molecule has 2 rings (SSSR count). The van der Waals surface area contributed by atoms with Crippen LogP contribution in [-0.2, 0) is 6.54 Å². The zero-order valence-corrected chi connectivity index (χ0v) is 7.17. The SMILES string of the molecule is COc1nc(Cl)nc2c1C=NC2. The van der Waals surface area contributed by atoms with Gasteiger partial charge in [0.25, 0.3) is 0 Å². The number of aliphatic imine (C=N–C) groups is 1. The minimum atomic E-state index is 0.205. The number of hydrogen-bond donors (Lipinski definition) is 0. The number of aromatic nitrogens is 2. The van der Waals surface area contributed by atoms with E-state index in [9.17, 15) is 0 Å². The van der Waals surface area contributed by atoms with Crippen molar-refractivity contribution in [2.75, 3.05) is 7.11 Å². The Hall–Kier alpha value is -1.16. The lowest BCUT2D eigenvalue weighted by Gasteiger charge is -2.02. The molecule has 0 saturated carbocycles. The number of rotatable bonds is 1. The van der Waals surface area contributed by atoms with Crippen LogP contribution in [0.15, 0.2) is 4.99 Å². The predicted octanol–water partition coefficient (Wildman–Crippen LogP) is 1.07. The second-order valence-electron chi connectivity index (χ2n) is 2.33. The molecule has 5 heteroatoms. The fraction of sp³-hybridized carbons (Fsp3) is 0.286. The van der Waals surface area contributed by atoms with Crippen molar-refractivity contribution in [3.05, 3.63) is 16.5 Å². The highest BCUT2D eigenvalue weighted by Crippen LogP contribution is 2.22. The molecule has 4 nitrogen and oxygen atoms in total. The molecule has 0 N–H and O–H groups in total. The molecule has 1 aromatic rings. The Kier molecular flexibility index (Phi) is 1.69. The van der Waals surface area contributed by atoms with Gasteiger partial charge in [0.1, 0.15) is 0 Å². The van der Waals surface area contributed by atoms with Gasteiger partial charge in [0, 0.05) is 6.21 Å². The van der Waals surface area contributed by atoms with Gasteiger partial charge in [0.2, 0.25) is 11.2 Å². The maximum atomic E-state index is 5.65. The molecular weight excluding hydrogens is 178 g/mol. The quantitative estimate of drug-likeness (QED) is 0.612. The fourth-order valence-electron chi connectivity index (χ4n) is 1.09. The predicted molar refractivity (Wildman–Crippen MR) is 44.9 cm³/mol. The summed E-state index contributed by atoms with van der Waals surface area (Å²) in [5.41, 5.74) is 1.66. The number of nitrogens with zero attached hydrogens (tertiary/aromatic N) is 3. The summed E-state index contributed by atoms with van der Waals surface area (Å²) < 4.78 is 5.01. The van der Waals surface area contributed by atoms with Crippen LogP contribution in [0.4, 0.5) is 0 Å². The highest BCUT2D eigenvalue weighted by Gasteiger charge is 2.15. The van der Waals surface area contributed by atoms with E-state index in [0.717, 1.165) is 11.3 Å². The second kappa shape index (κ2) is 2.71. The van der Waals surface area contributed by atoms with E-state index in [1.807, 2.05) is 0 Å². The maximum absolute atomic E-state index is 5.65. The van der Waals surface area contributed by atoms with Gasteiger partial charge in [-0.05, 0) is 11.6 Å². The Morgan fingerprint density at radius 3 is 3.08 bits per heavy atom. The minimum Gasteiger partial charge on any atom is -0.480 e. The number of methoxy groups -OCH3 is 1. The maximum Gasteiger partial charge on any atom is 0.226 e. The molecule has 0 aliphatic carbocycles. The summed E-state index contributed by atoms with van der Waals surface area (Å²) in [7, 11) is 1.55. The average molecular weight is 184 g/mol.